The number of benzene rings is 1. The van der Waals surface area contributed by atoms with Crippen molar-refractivity contribution in [3.63, 3.8) is 0 Å². The molecule has 0 aromatic heterocycles. The largest absolute Gasteiger partial charge is 0.272 e. The fourth-order valence-corrected chi connectivity index (χ4v) is 1.10. The number of aryl methyl sites for hydroxylation is 1. The maximum absolute atomic E-state index is 4.18. The van der Waals surface area contributed by atoms with Gasteiger partial charge < -0.3 is 0 Å². The van der Waals surface area contributed by atoms with Crippen LogP contribution in [0, 0.1) is 6.92 Å². The van der Waals surface area contributed by atoms with Crippen LogP contribution in [0.4, 0.5) is 5.69 Å². The van der Waals surface area contributed by atoms with Crippen LogP contribution in [0.3, 0.4) is 0 Å². The number of nitrogens with zero attached hydrogens (tertiary/aromatic N) is 1. The summed E-state index contributed by atoms with van der Waals surface area (Å²) in [7, 11) is 2.02. The van der Waals surface area contributed by atoms with Gasteiger partial charge >= 0.3 is 0 Å². The average Bonchev–Trinajstić information content (AvgIpc) is 2.33. The number of aliphatic imine (C=N–C) groups is 1. The zero-order chi connectivity index (χ0) is 6.97. The Hall–Kier alpha value is -1.05. The van der Waals surface area contributed by atoms with Gasteiger partial charge in [0.1, 0.15) is 0 Å². The van der Waals surface area contributed by atoms with E-state index in [1.54, 1.807) is 0 Å². The topological polar surface area (TPSA) is 12.4 Å². The first-order valence-electron chi connectivity index (χ1n) is 3.34. The molecule has 0 fully saturated rings. The first-order valence-corrected chi connectivity index (χ1v) is 3.34. The maximum atomic E-state index is 4.18. The molecule has 0 N–H and O–H groups in total. The molecule has 1 radical (unpaired) electrons. The van der Waals surface area contributed by atoms with Crippen LogP contribution in [0.2, 0.25) is 0 Å². The molecule has 1 aromatic rings. The van der Waals surface area contributed by atoms with Gasteiger partial charge in [-0.15, -0.1) is 0 Å². The van der Waals surface area contributed by atoms with Crippen molar-refractivity contribution >= 4 is 24.5 Å². The Balaban J connectivity index is 2.60. The normalized spacial score (nSPS) is 12.9. The predicted molar refractivity (Wildman–Crippen MR) is 44.7 cm³/mol. The van der Waals surface area contributed by atoms with E-state index >= 15 is 0 Å². The molecule has 2 heteroatoms. The lowest BCUT2D eigenvalue weighted by Gasteiger charge is -1.96. The van der Waals surface area contributed by atoms with Crippen molar-refractivity contribution in [2.24, 2.45) is 4.99 Å². The molecule has 0 saturated heterocycles. The van der Waals surface area contributed by atoms with Gasteiger partial charge in [-0.05, 0) is 24.7 Å². The Morgan fingerprint density at radius 1 is 1.40 bits per heavy atom. The lowest BCUT2D eigenvalue weighted by molar-refractivity contribution is 1.46. The molecule has 1 nitrogen and oxygen atoms in total. The first-order chi connectivity index (χ1) is 4.86. The second-order valence-corrected chi connectivity index (χ2v) is 2.51. The van der Waals surface area contributed by atoms with Crippen LogP contribution in [-0.2, 0) is 0 Å². The number of hydrogen-bond donors (Lipinski definition) is 0. The first kappa shape index (κ1) is 5.72. The molecule has 10 heavy (non-hydrogen) atoms. The van der Waals surface area contributed by atoms with Crippen molar-refractivity contribution in [2.45, 2.75) is 6.92 Å². The second-order valence-electron chi connectivity index (χ2n) is 2.51. The van der Waals surface area contributed by atoms with Gasteiger partial charge in [0.15, 0.2) is 0 Å². The van der Waals surface area contributed by atoms with E-state index in [0.29, 0.717) is 0 Å². The van der Waals surface area contributed by atoms with E-state index in [4.69, 9.17) is 0 Å². The van der Waals surface area contributed by atoms with Gasteiger partial charge in [-0.3, -0.25) is 4.99 Å². The van der Waals surface area contributed by atoms with Crippen LogP contribution in [-0.4, -0.2) is 13.4 Å². The molecule has 1 aliphatic heterocycles. The van der Waals surface area contributed by atoms with Crippen LogP contribution in [0.1, 0.15) is 5.56 Å². The maximum Gasteiger partial charge on any atom is 0.209 e. The van der Waals surface area contributed by atoms with Gasteiger partial charge in [0.2, 0.25) is 7.28 Å². The highest BCUT2D eigenvalue weighted by Gasteiger charge is 2.05. The third-order valence-corrected chi connectivity index (χ3v) is 1.65. The van der Waals surface area contributed by atoms with E-state index in [0.717, 1.165) is 5.69 Å². The van der Waals surface area contributed by atoms with Crippen molar-refractivity contribution in [1.82, 2.24) is 0 Å². The molecule has 1 aromatic carbocycles. The minimum Gasteiger partial charge on any atom is -0.272 e. The Kier molecular flexibility index (Phi) is 1.13. The molecular formula is C8H7BN. The quantitative estimate of drug-likeness (QED) is 0.462. The molecule has 0 atom stereocenters. The van der Waals surface area contributed by atoms with E-state index in [2.05, 4.69) is 30.1 Å². The van der Waals surface area contributed by atoms with Crippen LogP contribution in [0.25, 0.3) is 0 Å². The zero-order valence-electron chi connectivity index (χ0n) is 5.83. The summed E-state index contributed by atoms with van der Waals surface area (Å²) < 4.78 is 0. The van der Waals surface area contributed by atoms with E-state index in [9.17, 15) is 0 Å². The lowest BCUT2D eigenvalue weighted by Crippen LogP contribution is -2.09. The highest BCUT2D eigenvalue weighted by Crippen LogP contribution is 2.12. The molecule has 47 valence electrons. The summed E-state index contributed by atoms with van der Waals surface area (Å²) in [6, 6.07) is 6.29. The molecule has 1 heterocycles. The van der Waals surface area contributed by atoms with Crippen molar-refractivity contribution in [1.29, 1.82) is 0 Å². The third kappa shape index (κ3) is 0.765. The van der Waals surface area contributed by atoms with Crippen molar-refractivity contribution in [3.05, 3.63) is 23.8 Å². The standard InChI is InChI=1S/C8H7BN/c1-6-2-3-7-8(4-6)10-5-9-7/h2-5H,1H3. The lowest BCUT2D eigenvalue weighted by atomic mass is 9.73. The third-order valence-electron chi connectivity index (χ3n) is 1.65. The monoisotopic (exact) mass is 128 g/mol. The number of fused-ring (bicyclic) bond motifs is 1. The van der Waals surface area contributed by atoms with Crippen molar-refractivity contribution in [2.75, 3.05) is 0 Å². The van der Waals surface area contributed by atoms with Gasteiger partial charge in [0.25, 0.3) is 0 Å². The van der Waals surface area contributed by atoms with Crippen molar-refractivity contribution < 1.29 is 0 Å². The fourth-order valence-electron chi connectivity index (χ4n) is 1.10. The van der Waals surface area contributed by atoms with Gasteiger partial charge in [0.05, 0.1) is 5.69 Å². The molecule has 2 rings (SSSR count). The van der Waals surface area contributed by atoms with Gasteiger partial charge in [-0.2, -0.15) is 0 Å². The minimum atomic E-state index is 1.10. The van der Waals surface area contributed by atoms with Gasteiger partial charge in [0, 0.05) is 0 Å². The van der Waals surface area contributed by atoms with E-state index in [-0.39, 0.29) is 0 Å². The van der Waals surface area contributed by atoms with E-state index in [1.165, 1.54) is 11.0 Å². The summed E-state index contributed by atoms with van der Waals surface area (Å²) in [4.78, 5) is 4.18. The molecule has 1 aliphatic rings. The summed E-state index contributed by atoms with van der Waals surface area (Å²) in [5, 5.41) is 0. The van der Waals surface area contributed by atoms with Crippen LogP contribution in [0.5, 0.6) is 0 Å². The summed E-state index contributed by atoms with van der Waals surface area (Å²) >= 11 is 0. The molecular weight excluding hydrogens is 121 g/mol. The molecule has 0 aliphatic carbocycles. The SMILES string of the molecule is Cc1ccc2c(c1)N=C[B]2. The predicted octanol–water partition coefficient (Wildman–Crippen LogP) is 0.998. The molecule has 0 saturated carbocycles. The Morgan fingerprint density at radius 3 is 3.20 bits per heavy atom. The molecule has 0 bridgehead atoms. The Labute approximate surface area is 61.0 Å². The van der Waals surface area contributed by atoms with Crippen LogP contribution < -0.4 is 5.46 Å². The van der Waals surface area contributed by atoms with E-state index in [1.807, 2.05) is 13.4 Å². The molecule has 0 unspecified atom stereocenters. The second kappa shape index (κ2) is 1.98. The average molecular weight is 128 g/mol. The van der Waals surface area contributed by atoms with Gasteiger partial charge in [-0.25, -0.2) is 0 Å². The molecule has 0 amide bonds. The highest BCUT2D eigenvalue weighted by molar-refractivity contribution is 6.82. The Morgan fingerprint density at radius 2 is 2.30 bits per heavy atom. The minimum absolute atomic E-state index is 1.10. The number of hydrogen-bond acceptors (Lipinski definition) is 1. The molecule has 0 spiro atoms. The fraction of sp³-hybridized carbons (Fsp3) is 0.125. The zero-order valence-corrected chi connectivity index (χ0v) is 5.83. The summed E-state index contributed by atoms with van der Waals surface area (Å²) in [6.45, 7) is 2.08. The van der Waals surface area contributed by atoms with Crippen LogP contribution >= 0.6 is 0 Å². The van der Waals surface area contributed by atoms with E-state index < -0.39 is 0 Å². The number of rotatable bonds is 0. The summed E-state index contributed by atoms with van der Waals surface area (Å²) in [5.74, 6) is 0. The highest BCUT2D eigenvalue weighted by atomic mass is 14.7. The van der Waals surface area contributed by atoms with Crippen molar-refractivity contribution in [3.8, 4) is 0 Å². The summed E-state index contributed by atoms with van der Waals surface area (Å²) in [6.07, 6.45) is 1.84. The Bertz CT molecular complexity index is 291. The summed E-state index contributed by atoms with van der Waals surface area (Å²) in [5.41, 5.74) is 3.59. The smallest absolute Gasteiger partial charge is 0.209 e. The van der Waals surface area contributed by atoms with Crippen LogP contribution in [0.15, 0.2) is 23.2 Å². The van der Waals surface area contributed by atoms with Gasteiger partial charge in [-0.1, -0.05) is 17.6 Å².